The second-order valence-corrected chi connectivity index (χ2v) is 7.24. The molecule has 0 radical (unpaired) electrons. The summed E-state index contributed by atoms with van der Waals surface area (Å²) in [7, 11) is -0.722. The van der Waals surface area contributed by atoms with Crippen LogP contribution in [0, 0.1) is 0 Å². The number of aromatic nitrogens is 1. The van der Waals surface area contributed by atoms with Gasteiger partial charge >= 0.3 is 10.2 Å². The summed E-state index contributed by atoms with van der Waals surface area (Å²) in [6.07, 6.45) is 1.48. The third kappa shape index (κ3) is 4.01. The van der Waals surface area contributed by atoms with Crippen LogP contribution in [-0.2, 0) is 10.2 Å². The van der Waals surface area contributed by atoms with Crippen LogP contribution in [0.25, 0.3) is 0 Å². The molecule has 0 aliphatic rings. The van der Waals surface area contributed by atoms with E-state index in [-0.39, 0.29) is 5.82 Å². The van der Waals surface area contributed by atoms with Crippen molar-refractivity contribution in [1.29, 1.82) is 0 Å². The van der Waals surface area contributed by atoms with Crippen LogP contribution in [0.1, 0.15) is 0 Å². The second-order valence-electron chi connectivity index (χ2n) is 4.54. The Balaban J connectivity index is 2.16. The van der Waals surface area contributed by atoms with E-state index in [1.165, 1.54) is 26.4 Å². The number of para-hydroxylation sites is 1. The zero-order valence-electron chi connectivity index (χ0n) is 11.8. The summed E-state index contributed by atoms with van der Waals surface area (Å²) in [6, 6.07) is 8.37. The van der Waals surface area contributed by atoms with Gasteiger partial charge in [0.1, 0.15) is 5.82 Å². The zero-order valence-corrected chi connectivity index (χ0v) is 14.2. The summed E-state index contributed by atoms with van der Waals surface area (Å²) >= 11 is 12.1. The first-order valence-electron chi connectivity index (χ1n) is 6.17. The monoisotopic (exact) mass is 360 g/mol. The minimum absolute atomic E-state index is 0.213. The van der Waals surface area contributed by atoms with Gasteiger partial charge in [-0.15, -0.1) is 0 Å². The number of pyridine rings is 1. The third-order valence-corrected chi connectivity index (χ3v) is 4.77. The molecule has 1 aromatic carbocycles. The quantitative estimate of drug-likeness (QED) is 0.857. The van der Waals surface area contributed by atoms with E-state index < -0.39 is 10.2 Å². The van der Waals surface area contributed by atoms with Gasteiger partial charge in [-0.05, 0) is 24.3 Å². The number of rotatable bonds is 5. The van der Waals surface area contributed by atoms with E-state index in [0.717, 1.165) is 4.31 Å². The van der Waals surface area contributed by atoms with Crippen molar-refractivity contribution in [2.45, 2.75) is 0 Å². The van der Waals surface area contributed by atoms with Crippen LogP contribution in [0.5, 0.6) is 0 Å². The van der Waals surface area contributed by atoms with Crippen molar-refractivity contribution < 1.29 is 8.42 Å². The molecule has 2 rings (SSSR count). The number of nitrogens with one attached hydrogen (secondary N) is 2. The van der Waals surface area contributed by atoms with Gasteiger partial charge in [-0.3, -0.25) is 4.72 Å². The lowest BCUT2D eigenvalue weighted by molar-refractivity contribution is 0.526. The molecule has 6 nitrogen and oxygen atoms in total. The summed E-state index contributed by atoms with van der Waals surface area (Å²) in [5, 5.41) is 3.99. The van der Waals surface area contributed by atoms with Gasteiger partial charge in [-0.1, -0.05) is 29.3 Å². The summed E-state index contributed by atoms with van der Waals surface area (Å²) in [4.78, 5) is 4.04. The molecule has 118 valence electrons. The number of anilines is 3. The molecule has 0 aliphatic heterocycles. The lowest BCUT2D eigenvalue weighted by Crippen LogP contribution is -2.29. The predicted octanol–water partition coefficient (Wildman–Crippen LogP) is 3.35. The third-order valence-electron chi connectivity index (χ3n) is 2.71. The molecule has 9 heteroatoms. The van der Waals surface area contributed by atoms with Crippen LogP contribution in [0.4, 0.5) is 17.2 Å². The lowest BCUT2D eigenvalue weighted by atomic mass is 10.3. The molecule has 0 bridgehead atoms. The van der Waals surface area contributed by atoms with Gasteiger partial charge in [0.05, 0.1) is 27.6 Å². The van der Waals surface area contributed by atoms with Gasteiger partial charge in [0.15, 0.2) is 0 Å². The maximum Gasteiger partial charge on any atom is 0.302 e. The number of nitrogens with zero attached hydrogens (tertiary/aromatic N) is 2. The molecule has 0 saturated heterocycles. The molecule has 0 aliphatic carbocycles. The first-order chi connectivity index (χ1) is 10.3. The van der Waals surface area contributed by atoms with Gasteiger partial charge in [-0.25, -0.2) is 4.98 Å². The van der Waals surface area contributed by atoms with Gasteiger partial charge < -0.3 is 5.32 Å². The number of halogens is 2. The van der Waals surface area contributed by atoms with E-state index in [4.69, 9.17) is 23.2 Å². The van der Waals surface area contributed by atoms with E-state index in [2.05, 4.69) is 15.0 Å². The van der Waals surface area contributed by atoms with Crippen molar-refractivity contribution >= 4 is 50.6 Å². The van der Waals surface area contributed by atoms with Crippen molar-refractivity contribution in [3.8, 4) is 0 Å². The van der Waals surface area contributed by atoms with E-state index in [1.807, 2.05) is 0 Å². The molecule has 2 N–H and O–H groups in total. The van der Waals surface area contributed by atoms with Crippen LogP contribution in [0.15, 0.2) is 36.5 Å². The molecule has 0 amide bonds. The SMILES string of the molecule is CN(C)S(=O)(=O)Nc1ccc(Nc2c(Cl)cccc2Cl)cn1. The minimum Gasteiger partial charge on any atom is -0.352 e. The van der Waals surface area contributed by atoms with Crippen molar-refractivity contribution in [3.05, 3.63) is 46.6 Å². The van der Waals surface area contributed by atoms with Crippen LogP contribution < -0.4 is 10.0 Å². The molecular formula is C13H14Cl2N4O2S. The van der Waals surface area contributed by atoms with Crippen LogP contribution >= 0.6 is 23.2 Å². The smallest absolute Gasteiger partial charge is 0.302 e. The van der Waals surface area contributed by atoms with E-state index in [9.17, 15) is 8.42 Å². The van der Waals surface area contributed by atoms with Gasteiger partial charge in [0.2, 0.25) is 0 Å². The van der Waals surface area contributed by atoms with Crippen molar-refractivity contribution in [2.75, 3.05) is 24.1 Å². The van der Waals surface area contributed by atoms with Gasteiger partial charge in [0.25, 0.3) is 0 Å². The molecule has 0 saturated carbocycles. The highest BCUT2D eigenvalue weighted by atomic mass is 35.5. The van der Waals surface area contributed by atoms with E-state index >= 15 is 0 Å². The first-order valence-corrected chi connectivity index (χ1v) is 8.36. The lowest BCUT2D eigenvalue weighted by Gasteiger charge is -2.13. The Hall–Kier alpha value is -1.54. The predicted molar refractivity (Wildman–Crippen MR) is 90.2 cm³/mol. The van der Waals surface area contributed by atoms with Crippen LogP contribution in [0.2, 0.25) is 10.0 Å². The molecule has 22 heavy (non-hydrogen) atoms. The highest BCUT2D eigenvalue weighted by molar-refractivity contribution is 7.90. The first kappa shape index (κ1) is 16.8. The highest BCUT2D eigenvalue weighted by Gasteiger charge is 2.13. The largest absolute Gasteiger partial charge is 0.352 e. The Kier molecular flexibility index (Phi) is 5.12. The number of benzene rings is 1. The summed E-state index contributed by atoms with van der Waals surface area (Å²) in [5.74, 6) is 0.213. The Labute approximate surface area is 139 Å². The fourth-order valence-corrected chi connectivity index (χ4v) is 2.57. The molecule has 1 aromatic heterocycles. The average molecular weight is 361 g/mol. The molecular weight excluding hydrogens is 347 g/mol. The standard InChI is InChI=1S/C13H14Cl2N4O2S/c1-19(2)22(20,21)18-12-7-6-9(8-16-12)17-13-10(14)4-3-5-11(13)15/h3-8,17H,1-2H3,(H,16,18). The van der Waals surface area contributed by atoms with Gasteiger partial charge in [-0.2, -0.15) is 12.7 Å². The maximum atomic E-state index is 11.7. The van der Waals surface area contributed by atoms with Crippen molar-refractivity contribution in [1.82, 2.24) is 9.29 Å². The van der Waals surface area contributed by atoms with E-state index in [0.29, 0.717) is 21.4 Å². The topological polar surface area (TPSA) is 74.3 Å². The number of hydrogen-bond donors (Lipinski definition) is 2. The average Bonchev–Trinajstić information content (AvgIpc) is 2.44. The fourth-order valence-electron chi connectivity index (χ4n) is 1.51. The normalized spacial score (nSPS) is 11.5. The van der Waals surface area contributed by atoms with Crippen LogP contribution in [0.3, 0.4) is 0 Å². The van der Waals surface area contributed by atoms with E-state index in [1.54, 1.807) is 24.3 Å². The highest BCUT2D eigenvalue weighted by Crippen LogP contribution is 2.32. The molecule has 0 atom stereocenters. The Bertz CT molecular complexity index is 744. The number of hydrogen-bond acceptors (Lipinski definition) is 4. The summed E-state index contributed by atoms with van der Waals surface area (Å²) in [5.41, 5.74) is 1.19. The van der Waals surface area contributed by atoms with Crippen LogP contribution in [-0.4, -0.2) is 31.8 Å². The molecule has 0 fully saturated rings. The molecule has 0 unspecified atom stereocenters. The van der Waals surface area contributed by atoms with Gasteiger partial charge in [0, 0.05) is 14.1 Å². The van der Waals surface area contributed by atoms with Crippen molar-refractivity contribution in [3.63, 3.8) is 0 Å². The Morgan fingerprint density at radius 3 is 2.23 bits per heavy atom. The minimum atomic E-state index is -3.58. The fraction of sp³-hybridized carbons (Fsp3) is 0.154. The summed E-state index contributed by atoms with van der Waals surface area (Å²) < 4.78 is 26.8. The summed E-state index contributed by atoms with van der Waals surface area (Å²) in [6.45, 7) is 0. The molecule has 1 heterocycles. The Morgan fingerprint density at radius 2 is 1.73 bits per heavy atom. The molecule has 2 aromatic rings. The second kappa shape index (κ2) is 6.70. The van der Waals surface area contributed by atoms with Crippen molar-refractivity contribution in [2.24, 2.45) is 0 Å². The Morgan fingerprint density at radius 1 is 1.09 bits per heavy atom. The maximum absolute atomic E-state index is 11.7. The molecule has 0 spiro atoms. The zero-order chi connectivity index (χ0) is 16.3.